The Balaban J connectivity index is 2.12. The molecular weight excluding hydrogens is 178 g/mol. The minimum atomic E-state index is -0.836. The smallest absolute Gasteiger partial charge is 0.352 e. The standard InChI is InChI=1S/C11H15NO2/c1-8(7-9-4-5-9)12-6-2-3-10(12)11(13)14/h2-3,6,8-9H,4-5,7H2,1H3,(H,13,14). The first-order chi connectivity index (χ1) is 6.68. The number of carbonyl (C=O) groups is 1. The van der Waals surface area contributed by atoms with Crippen LogP contribution in [-0.4, -0.2) is 15.6 Å². The zero-order valence-electron chi connectivity index (χ0n) is 8.31. The van der Waals surface area contributed by atoms with Gasteiger partial charge in [-0.3, -0.25) is 0 Å². The Bertz CT molecular complexity index is 339. The summed E-state index contributed by atoms with van der Waals surface area (Å²) in [5.74, 6) is -0.00769. The molecule has 76 valence electrons. The fourth-order valence-corrected chi connectivity index (χ4v) is 1.91. The van der Waals surface area contributed by atoms with Gasteiger partial charge in [-0.25, -0.2) is 4.79 Å². The average Bonchev–Trinajstić information content (AvgIpc) is 2.81. The molecule has 1 saturated carbocycles. The van der Waals surface area contributed by atoms with Crippen LogP contribution < -0.4 is 0 Å². The van der Waals surface area contributed by atoms with E-state index in [2.05, 4.69) is 6.92 Å². The van der Waals surface area contributed by atoms with Crippen molar-refractivity contribution in [3.63, 3.8) is 0 Å². The van der Waals surface area contributed by atoms with E-state index < -0.39 is 5.97 Å². The summed E-state index contributed by atoms with van der Waals surface area (Å²) in [5, 5.41) is 8.93. The van der Waals surface area contributed by atoms with Gasteiger partial charge in [-0.1, -0.05) is 12.8 Å². The highest BCUT2D eigenvalue weighted by Crippen LogP contribution is 2.36. The Morgan fingerprint density at radius 3 is 3.00 bits per heavy atom. The summed E-state index contributed by atoms with van der Waals surface area (Å²) >= 11 is 0. The third kappa shape index (κ3) is 1.81. The number of nitrogens with zero attached hydrogens (tertiary/aromatic N) is 1. The molecule has 1 aromatic heterocycles. The summed E-state index contributed by atoms with van der Waals surface area (Å²) in [4.78, 5) is 10.9. The second-order valence-corrected chi connectivity index (χ2v) is 4.13. The highest BCUT2D eigenvalue weighted by atomic mass is 16.4. The van der Waals surface area contributed by atoms with Gasteiger partial charge in [0.25, 0.3) is 0 Å². The maximum absolute atomic E-state index is 10.9. The monoisotopic (exact) mass is 193 g/mol. The number of hydrogen-bond donors (Lipinski definition) is 1. The van der Waals surface area contributed by atoms with E-state index in [9.17, 15) is 4.79 Å². The fourth-order valence-electron chi connectivity index (χ4n) is 1.91. The summed E-state index contributed by atoms with van der Waals surface area (Å²) < 4.78 is 1.86. The molecular formula is C11H15NO2. The van der Waals surface area contributed by atoms with Gasteiger partial charge in [0.2, 0.25) is 0 Å². The van der Waals surface area contributed by atoms with Crippen LogP contribution in [0, 0.1) is 5.92 Å². The van der Waals surface area contributed by atoms with Gasteiger partial charge < -0.3 is 9.67 Å². The lowest BCUT2D eigenvalue weighted by Crippen LogP contribution is -2.12. The Morgan fingerprint density at radius 1 is 1.71 bits per heavy atom. The summed E-state index contributed by atoms with van der Waals surface area (Å²) in [7, 11) is 0. The van der Waals surface area contributed by atoms with E-state index in [0.717, 1.165) is 12.3 Å². The number of carboxylic acid groups (broad SMARTS) is 1. The van der Waals surface area contributed by atoms with Crippen molar-refractivity contribution in [3.8, 4) is 0 Å². The van der Waals surface area contributed by atoms with Crippen molar-refractivity contribution in [1.82, 2.24) is 4.57 Å². The SMILES string of the molecule is CC(CC1CC1)n1cccc1C(=O)O. The topological polar surface area (TPSA) is 42.2 Å². The molecule has 0 spiro atoms. The van der Waals surface area contributed by atoms with Crippen molar-refractivity contribution in [2.75, 3.05) is 0 Å². The Hall–Kier alpha value is -1.25. The third-order valence-electron chi connectivity index (χ3n) is 2.84. The predicted octanol–water partition coefficient (Wildman–Crippen LogP) is 2.55. The van der Waals surface area contributed by atoms with Gasteiger partial charge in [-0.2, -0.15) is 0 Å². The molecule has 0 bridgehead atoms. The van der Waals surface area contributed by atoms with Crippen molar-refractivity contribution in [3.05, 3.63) is 24.0 Å². The molecule has 14 heavy (non-hydrogen) atoms. The van der Waals surface area contributed by atoms with E-state index in [-0.39, 0.29) is 0 Å². The second kappa shape index (κ2) is 3.48. The molecule has 1 aliphatic carbocycles. The molecule has 0 aliphatic heterocycles. The van der Waals surface area contributed by atoms with Crippen LogP contribution in [0.3, 0.4) is 0 Å². The largest absolute Gasteiger partial charge is 0.477 e. The molecule has 1 fully saturated rings. The normalized spacial score (nSPS) is 18.1. The number of rotatable bonds is 4. The van der Waals surface area contributed by atoms with Gasteiger partial charge in [-0.05, 0) is 31.4 Å². The van der Waals surface area contributed by atoms with Gasteiger partial charge in [0.05, 0.1) is 0 Å². The van der Waals surface area contributed by atoms with Gasteiger partial charge in [0, 0.05) is 12.2 Å². The molecule has 3 heteroatoms. The van der Waals surface area contributed by atoms with E-state index in [0.29, 0.717) is 11.7 Å². The third-order valence-corrected chi connectivity index (χ3v) is 2.84. The number of aromatic carboxylic acids is 1. The number of hydrogen-bond acceptors (Lipinski definition) is 1. The molecule has 1 aromatic rings. The molecule has 0 aromatic carbocycles. The van der Waals surface area contributed by atoms with Crippen molar-refractivity contribution in [2.24, 2.45) is 5.92 Å². The van der Waals surface area contributed by atoms with Gasteiger partial charge >= 0.3 is 5.97 Å². The van der Waals surface area contributed by atoms with E-state index in [4.69, 9.17) is 5.11 Å². The van der Waals surface area contributed by atoms with E-state index in [1.807, 2.05) is 10.8 Å². The minimum Gasteiger partial charge on any atom is -0.477 e. The summed E-state index contributed by atoms with van der Waals surface area (Å²) in [6.45, 7) is 2.09. The van der Waals surface area contributed by atoms with Gasteiger partial charge in [-0.15, -0.1) is 0 Å². The van der Waals surface area contributed by atoms with E-state index in [1.54, 1.807) is 12.1 Å². The summed E-state index contributed by atoms with van der Waals surface area (Å²) in [6, 6.07) is 3.77. The van der Waals surface area contributed by atoms with Gasteiger partial charge in [0.15, 0.2) is 0 Å². The molecule has 1 heterocycles. The van der Waals surface area contributed by atoms with E-state index in [1.165, 1.54) is 12.8 Å². The Morgan fingerprint density at radius 2 is 2.43 bits per heavy atom. The van der Waals surface area contributed by atoms with Crippen LogP contribution in [0.15, 0.2) is 18.3 Å². The predicted molar refractivity (Wildman–Crippen MR) is 53.4 cm³/mol. The Labute approximate surface area is 83.4 Å². The first-order valence-corrected chi connectivity index (χ1v) is 5.08. The molecule has 0 amide bonds. The lowest BCUT2D eigenvalue weighted by atomic mass is 10.1. The highest BCUT2D eigenvalue weighted by Gasteiger charge is 2.25. The quantitative estimate of drug-likeness (QED) is 0.798. The molecule has 3 nitrogen and oxygen atoms in total. The lowest BCUT2D eigenvalue weighted by molar-refractivity contribution is 0.0682. The molecule has 1 unspecified atom stereocenters. The highest BCUT2D eigenvalue weighted by molar-refractivity contribution is 5.85. The number of carboxylic acids is 1. The first kappa shape index (κ1) is 9.31. The fraction of sp³-hybridized carbons (Fsp3) is 0.545. The molecule has 0 radical (unpaired) electrons. The van der Waals surface area contributed by atoms with Crippen molar-refractivity contribution in [2.45, 2.75) is 32.2 Å². The van der Waals surface area contributed by atoms with Crippen LogP contribution in [0.4, 0.5) is 0 Å². The van der Waals surface area contributed by atoms with Crippen LogP contribution in [-0.2, 0) is 0 Å². The summed E-state index contributed by atoms with van der Waals surface area (Å²) in [5.41, 5.74) is 0.401. The molecule has 1 aliphatic rings. The van der Waals surface area contributed by atoms with Crippen LogP contribution in [0.5, 0.6) is 0 Å². The average molecular weight is 193 g/mol. The van der Waals surface area contributed by atoms with Gasteiger partial charge in [0.1, 0.15) is 5.69 Å². The van der Waals surface area contributed by atoms with Crippen LogP contribution in [0.2, 0.25) is 0 Å². The number of aromatic nitrogens is 1. The first-order valence-electron chi connectivity index (χ1n) is 5.08. The minimum absolute atomic E-state index is 0.309. The molecule has 1 atom stereocenters. The second-order valence-electron chi connectivity index (χ2n) is 4.13. The van der Waals surface area contributed by atoms with Crippen LogP contribution >= 0.6 is 0 Å². The van der Waals surface area contributed by atoms with Crippen LogP contribution in [0.25, 0.3) is 0 Å². The summed E-state index contributed by atoms with van der Waals surface area (Å²) in [6.07, 6.45) is 5.59. The molecule has 1 N–H and O–H groups in total. The van der Waals surface area contributed by atoms with Crippen molar-refractivity contribution in [1.29, 1.82) is 0 Å². The van der Waals surface area contributed by atoms with Crippen LogP contribution in [0.1, 0.15) is 42.7 Å². The maximum Gasteiger partial charge on any atom is 0.352 e. The Kier molecular flexibility index (Phi) is 2.32. The molecule has 2 rings (SSSR count). The molecule has 0 saturated heterocycles. The van der Waals surface area contributed by atoms with Crippen molar-refractivity contribution >= 4 is 5.97 Å². The zero-order valence-corrected chi connectivity index (χ0v) is 8.31. The lowest BCUT2D eigenvalue weighted by Gasteiger charge is -2.15. The zero-order chi connectivity index (χ0) is 10.1. The van der Waals surface area contributed by atoms with Crippen molar-refractivity contribution < 1.29 is 9.90 Å². The maximum atomic E-state index is 10.9. The van der Waals surface area contributed by atoms with E-state index >= 15 is 0 Å².